The summed E-state index contributed by atoms with van der Waals surface area (Å²) in [5, 5.41) is 107. The highest BCUT2D eigenvalue weighted by Gasteiger charge is 2.44. The Morgan fingerprint density at radius 2 is 0.750 bits per heavy atom. The molecule has 0 aromatic heterocycles. The molecule has 2 aliphatic heterocycles. The summed E-state index contributed by atoms with van der Waals surface area (Å²) in [6.45, 7) is 0. The lowest BCUT2D eigenvalue weighted by molar-refractivity contribution is 0.221. The molecule has 0 radical (unpaired) electrons. The summed E-state index contributed by atoms with van der Waals surface area (Å²) < 4.78 is 13.4. The van der Waals surface area contributed by atoms with Crippen molar-refractivity contribution in [3.05, 3.63) is 213 Å². The van der Waals surface area contributed by atoms with Crippen LogP contribution in [0, 0.1) is 0 Å². The molecule has 0 amide bonds. The van der Waals surface area contributed by atoms with Crippen LogP contribution in [0.25, 0.3) is 11.6 Å². The number of benzene rings is 8. The van der Waals surface area contributed by atoms with E-state index < -0.39 is 35.9 Å². The Morgan fingerprint density at radius 1 is 0.324 bits per heavy atom. The second kappa shape index (κ2) is 15.9. The summed E-state index contributed by atoms with van der Waals surface area (Å²) in [6, 6.07) is 40.5. The summed E-state index contributed by atoms with van der Waals surface area (Å²) in [5.41, 5.74) is 7.63. The Bertz CT molecular complexity index is 3280. The highest BCUT2D eigenvalue weighted by atomic mass is 16.5. The van der Waals surface area contributed by atoms with Crippen molar-refractivity contribution in [1.82, 2.24) is 0 Å². The van der Waals surface area contributed by atoms with Gasteiger partial charge in [-0.05, 0) is 141 Å². The average Bonchev–Trinajstić information content (AvgIpc) is 3.96. The van der Waals surface area contributed by atoms with Crippen LogP contribution in [0.4, 0.5) is 0 Å². The number of aromatic hydroxyl groups is 10. The lowest BCUT2D eigenvalue weighted by atomic mass is 9.79. The molecular formula is C56H42O12. The number of fused-ring (bicyclic) bond motifs is 3. The van der Waals surface area contributed by atoms with E-state index in [1.165, 1.54) is 24.3 Å². The minimum Gasteiger partial charge on any atom is -0.508 e. The van der Waals surface area contributed by atoms with E-state index in [1.54, 1.807) is 91.0 Å². The normalized spacial score (nSPS) is 20.6. The quantitative estimate of drug-likeness (QED) is 0.0722. The standard InChI is InChI=1S/C56H42O12/c57-34-7-2-28(3-8-34)53-50(31-15-36(59)22-37(60)16-31)43(44-25-42(65)26-47(66)54(44)53)13-27-1-11-48-45(14-27)51(32-17-38(61)23-39(62)18-32)56(68-48)30-6-12-49-46(21-30)52(33-19-40(63)24-41(64)20-33)55(67-49)29-4-9-35(58)10-5-29/h1-26,50-53,55-66H/b43-13+/t50-,51+,52-,53+,55+,56-/m1/s1. The van der Waals surface area contributed by atoms with Crippen LogP contribution in [0.15, 0.2) is 152 Å². The van der Waals surface area contributed by atoms with Crippen molar-refractivity contribution in [1.29, 1.82) is 0 Å². The van der Waals surface area contributed by atoms with Crippen molar-refractivity contribution in [3.63, 3.8) is 0 Å². The summed E-state index contributed by atoms with van der Waals surface area (Å²) in [6.07, 6.45) is 0.581. The molecule has 0 spiro atoms. The molecule has 8 aromatic carbocycles. The van der Waals surface area contributed by atoms with E-state index in [0.717, 1.165) is 11.1 Å². The Hall–Kier alpha value is -8.90. The van der Waals surface area contributed by atoms with E-state index in [4.69, 9.17) is 9.47 Å². The summed E-state index contributed by atoms with van der Waals surface area (Å²) in [7, 11) is 0. The number of hydrogen-bond donors (Lipinski definition) is 10. The molecule has 338 valence electrons. The van der Waals surface area contributed by atoms with E-state index >= 15 is 0 Å². The van der Waals surface area contributed by atoms with Gasteiger partial charge in [-0.2, -0.15) is 0 Å². The van der Waals surface area contributed by atoms with E-state index in [1.807, 2.05) is 42.5 Å². The maximum absolute atomic E-state index is 11.5. The molecule has 6 atom stereocenters. The topological polar surface area (TPSA) is 221 Å². The molecule has 0 saturated carbocycles. The molecule has 12 nitrogen and oxygen atoms in total. The molecule has 11 rings (SSSR count). The minimum atomic E-state index is -0.728. The van der Waals surface area contributed by atoms with Gasteiger partial charge >= 0.3 is 0 Å². The Kier molecular flexibility index (Phi) is 9.78. The fourth-order valence-corrected chi connectivity index (χ4v) is 10.6. The van der Waals surface area contributed by atoms with Crippen molar-refractivity contribution in [2.24, 2.45) is 0 Å². The van der Waals surface area contributed by atoms with Crippen molar-refractivity contribution < 1.29 is 60.5 Å². The van der Waals surface area contributed by atoms with Crippen LogP contribution in [-0.4, -0.2) is 51.1 Å². The van der Waals surface area contributed by atoms with Gasteiger partial charge in [0.1, 0.15) is 81.2 Å². The molecule has 2 heterocycles. The molecule has 0 unspecified atom stereocenters. The molecule has 0 bridgehead atoms. The van der Waals surface area contributed by atoms with E-state index in [-0.39, 0.29) is 57.5 Å². The first kappa shape index (κ1) is 41.8. The summed E-state index contributed by atoms with van der Waals surface area (Å²) in [4.78, 5) is 0. The third-order valence-electron chi connectivity index (χ3n) is 13.3. The highest BCUT2D eigenvalue weighted by molar-refractivity contribution is 5.93. The van der Waals surface area contributed by atoms with Crippen molar-refractivity contribution >= 4 is 11.6 Å². The second-order valence-corrected chi connectivity index (χ2v) is 17.6. The third-order valence-corrected chi connectivity index (χ3v) is 13.3. The van der Waals surface area contributed by atoms with Crippen molar-refractivity contribution in [2.45, 2.75) is 35.9 Å². The molecule has 1 aliphatic carbocycles. The van der Waals surface area contributed by atoms with Gasteiger partial charge in [0.2, 0.25) is 0 Å². The van der Waals surface area contributed by atoms with Gasteiger partial charge in [0.15, 0.2) is 0 Å². The van der Waals surface area contributed by atoms with Gasteiger partial charge in [-0.3, -0.25) is 0 Å². The molecule has 0 fully saturated rings. The Balaban J connectivity index is 1.06. The fraction of sp³-hybridized carbons (Fsp3) is 0.107. The third kappa shape index (κ3) is 7.28. The van der Waals surface area contributed by atoms with E-state index in [0.29, 0.717) is 67.1 Å². The van der Waals surface area contributed by atoms with Crippen LogP contribution in [0.2, 0.25) is 0 Å². The molecule has 0 saturated heterocycles. The Morgan fingerprint density at radius 3 is 1.28 bits per heavy atom. The average molecular weight is 907 g/mol. The maximum atomic E-state index is 11.5. The molecule has 68 heavy (non-hydrogen) atoms. The van der Waals surface area contributed by atoms with Crippen LogP contribution in [0.5, 0.6) is 69.0 Å². The zero-order valence-electron chi connectivity index (χ0n) is 35.8. The summed E-state index contributed by atoms with van der Waals surface area (Å²) >= 11 is 0. The van der Waals surface area contributed by atoms with Crippen molar-refractivity contribution in [3.8, 4) is 69.0 Å². The molecule has 3 aliphatic rings. The number of hydrogen-bond acceptors (Lipinski definition) is 12. The second-order valence-electron chi connectivity index (χ2n) is 17.6. The first-order valence-electron chi connectivity index (χ1n) is 21.8. The van der Waals surface area contributed by atoms with Gasteiger partial charge in [-0.25, -0.2) is 0 Å². The maximum Gasteiger partial charge on any atom is 0.135 e. The van der Waals surface area contributed by atoms with Gasteiger partial charge in [-0.1, -0.05) is 42.5 Å². The van der Waals surface area contributed by atoms with Gasteiger partial charge in [0.25, 0.3) is 0 Å². The van der Waals surface area contributed by atoms with Gasteiger partial charge in [0, 0.05) is 52.8 Å². The Labute approximate surface area is 388 Å². The molecule has 12 heteroatoms. The highest BCUT2D eigenvalue weighted by Crippen LogP contribution is 2.60. The smallest absolute Gasteiger partial charge is 0.135 e. The number of rotatable bonds is 7. The molecule has 8 aromatic rings. The number of phenolic OH excluding ortho intramolecular Hbond substituents is 10. The largest absolute Gasteiger partial charge is 0.508 e. The fourth-order valence-electron chi connectivity index (χ4n) is 10.6. The van der Waals surface area contributed by atoms with Crippen LogP contribution in [0.3, 0.4) is 0 Å². The SMILES string of the molecule is Oc1ccc([C@@H]2c3c(O)cc(O)cc3/C(=C\c3ccc4c(c3)[C@H](c3cc(O)cc(O)c3)[C@@H](c3ccc5c(c3)[C@@H](c3cc(O)cc(O)c3)[C@H](c3ccc(O)cc3)O5)O4)[C@H]2c2cc(O)cc(O)c2)cc1. The summed E-state index contributed by atoms with van der Waals surface area (Å²) in [5.74, 6) is -2.46. The van der Waals surface area contributed by atoms with E-state index in [9.17, 15) is 51.1 Å². The van der Waals surface area contributed by atoms with Crippen LogP contribution in [-0.2, 0) is 0 Å². The van der Waals surface area contributed by atoms with Gasteiger partial charge in [0.05, 0.1) is 11.8 Å². The molecule has 10 N–H and O–H groups in total. The number of ether oxygens (including phenoxy) is 2. The minimum absolute atomic E-state index is 0.0422. The number of allylic oxidation sites excluding steroid dienone is 1. The van der Waals surface area contributed by atoms with Gasteiger partial charge in [-0.15, -0.1) is 0 Å². The lowest BCUT2D eigenvalue weighted by Gasteiger charge is -2.24. The van der Waals surface area contributed by atoms with E-state index in [2.05, 4.69) is 0 Å². The predicted octanol–water partition coefficient (Wildman–Crippen LogP) is 10.7. The number of phenols is 10. The van der Waals surface area contributed by atoms with Gasteiger partial charge < -0.3 is 60.5 Å². The zero-order valence-corrected chi connectivity index (χ0v) is 35.8. The predicted molar refractivity (Wildman–Crippen MR) is 251 cm³/mol. The lowest BCUT2D eigenvalue weighted by Crippen LogP contribution is -2.13. The van der Waals surface area contributed by atoms with Crippen LogP contribution in [0.1, 0.15) is 97.1 Å². The first-order valence-corrected chi connectivity index (χ1v) is 21.8. The monoisotopic (exact) mass is 906 g/mol. The van der Waals surface area contributed by atoms with Crippen molar-refractivity contribution in [2.75, 3.05) is 0 Å². The van der Waals surface area contributed by atoms with Crippen LogP contribution >= 0.6 is 0 Å². The first-order chi connectivity index (χ1) is 32.7. The zero-order chi connectivity index (χ0) is 47.1. The molecular weight excluding hydrogens is 865 g/mol. The van der Waals surface area contributed by atoms with Crippen LogP contribution < -0.4 is 9.47 Å².